The zero-order valence-electron chi connectivity index (χ0n) is 16.7. The van der Waals surface area contributed by atoms with Gasteiger partial charge in [0.15, 0.2) is 6.61 Å². The third kappa shape index (κ3) is 6.50. The van der Waals surface area contributed by atoms with Crippen LogP contribution in [0.1, 0.15) is 30.9 Å². The lowest BCUT2D eigenvalue weighted by Crippen LogP contribution is -2.46. The summed E-state index contributed by atoms with van der Waals surface area (Å²) in [7, 11) is 1.59. The molecule has 0 heterocycles. The van der Waals surface area contributed by atoms with E-state index in [1.165, 1.54) is 0 Å². The Morgan fingerprint density at radius 1 is 1.00 bits per heavy atom. The van der Waals surface area contributed by atoms with Crippen LogP contribution < -0.4 is 25.6 Å². The van der Waals surface area contributed by atoms with Gasteiger partial charge in [-0.3, -0.25) is 20.4 Å². The summed E-state index contributed by atoms with van der Waals surface area (Å²) in [5.74, 6) is 0.953. The Morgan fingerprint density at radius 2 is 1.68 bits per heavy atom. The lowest BCUT2D eigenvalue weighted by molar-refractivity contribution is -0.129. The molecule has 7 nitrogen and oxygen atoms in total. The topological polar surface area (TPSA) is 88.7 Å². The average molecular weight is 385 g/mol. The van der Waals surface area contributed by atoms with Crippen molar-refractivity contribution in [2.24, 2.45) is 0 Å². The Labute approximate surface area is 165 Å². The lowest BCUT2D eigenvalue weighted by atomic mass is 10.0. The fraction of sp³-hybridized carbons (Fsp3) is 0.333. The quantitative estimate of drug-likeness (QED) is 0.608. The first-order valence-corrected chi connectivity index (χ1v) is 9.08. The second-order valence-corrected chi connectivity index (χ2v) is 6.65. The van der Waals surface area contributed by atoms with Crippen molar-refractivity contribution in [3.63, 3.8) is 0 Å². The van der Waals surface area contributed by atoms with Gasteiger partial charge in [-0.15, -0.1) is 0 Å². The summed E-state index contributed by atoms with van der Waals surface area (Å²) in [5, 5.41) is 2.95. The average Bonchev–Trinajstić information content (AvgIpc) is 2.70. The van der Waals surface area contributed by atoms with Gasteiger partial charge < -0.3 is 14.8 Å². The maximum atomic E-state index is 11.9. The van der Waals surface area contributed by atoms with Crippen LogP contribution in [0.15, 0.2) is 42.5 Å². The molecule has 2 aromatic rings. The highest BCUT2D eigenvalue weighted by Crippen LogP contribution is 2.24. The summed E-state index contributed by atoms with van der Waals surface area (Å²) in [5.41, 5.74) is 7.55. The van der Waals surface area contributed by atoms with Crippen LogP contribution in [0.2, 0.25) is 0 Å². The van der Waals surface area contributed by atoms with E-state index < -0.39 is 5.91 Å². The first-order valence-electron chi connectivity index (χ1n) is 9.08. The fourth-order valence-electron chi connectivity index (χ4n) is 2.39. The van der Waals surface area contributed by atoms with Gasteiger partial charge in [-0.1, -0.05) is 26.0 Å². The van der Waals surface area contributed by atoms with Crippen molar-refractivity contribution in [3.8, 4) is 11.5 Å². The first kappa shape index (κ1) is 21.1. The third-order valence-electron chi connectivity index (χ3n) is 4.12. The van der Waals surface area contributed by atoms with E-state index in [4.69, 9.17) is 9.47 Å². The normalized spacial score (nSPS) is 10.3. The number of hydrogen-bond donors (Lipinski definition) is 3. The number of hydrogen-bond acceptors (Lipinski definition) is 5. The largest absolute Gasteiger partial charge is 0.497 e. The van der Waals surface area contributed by atoms with Crippen LogP contribution in [-0.4, -0.2) is 32.1 Å². The van der Waals surface area contributed by atoms with Gasteiger partial charge in [0.1, 0.15) is 11.5 Å². The van der Waals surface area contributed by atoms with Gasteiger partial charge in [0.25, 0.3) is 11.8 Å². The summed E-state index contributed by atoms with van der Waals surface area (Å²) >= 11 is 0. The number of methoxy groups -OCH3 is 1. The number of rotatable bonds is 8. The number of ether oxygens (including phenoxy) is 2. The fourth-order valence-corrected chi connectivity index (χ4v) is 2.39. The molecule has 150 valence electrons. The van der Waals surface area contributed by atoms with E-state index >= 15 is 0 Å². The molecule has 0 saturated heterocycles. The number of aryl methyl sites for hydroxylation is 1. The zero-order chi connectivity index (χ0) is 20.5. The minimum atomic E-state index is -0.438. The van der Waals surface area contributed by atoms with Gasteiger partial charge >= 0.3 is 0 Å². The van der Waals surface area contributed by atoms with Crippen LogP contribution >= 0.6 is 0 Å². The number of carbonyl (C=O) groups is 2. The standard InChI is InChI=1S/C21H27N3O4/c1-14(2)16-6-5-15(3)19(11-16)28-13-21(26)24-23-20(25)12-22-17-7-9-18(27-4)10-8-17/h5-11,14,22H,12-13H2,1-4H3,(H,23,25)(H,24,26). The predicted molar refractivity (Wildman–Crippen MR) is 109 cm³/mol. The highest BCUT2D eigenvalue weighted by molar-refractivity contribution is 5.85. The van der Waals surface area contributed by atoms with E-state index in [-0.39, 0.29) is 19.1 Å². The van der Waals surface area contributed by atoms with Gasteiger partial charge in [0.2, 0.25) is 0 Å². The summed E-state index contributed by atoms with van der Waals surface area (Å²) in [4.78, 5) is 23.7. The SMILES string of the molecule is COc1ccc(NCC(=O)NNC(=O)COc2cc(C(C)C)ccc2C)cc1. The van der Waals surface area contributed by atoms with Gasteiger partial charge in [0.05, 0.1) is 13.7 Å². The van der Waals surface area contributed by atoms with Gasteiger partial charge in [-0.25, -0.2) is 0 Å². The maximum absolute atomic E-state index is 11.9. The highest BCUT2D eigenvalue weighted by Gasteiger charge is 2.09. The lowest BCUT2D eigenvalue weighted by Gasteiger charge is -2.13. The van der Waals surface area contributed by atoms with Crippen molar-refractivity contribution in [1.82, 2.24) is 10.9 Å². The van der Waals surface area contributed by atoms with E-state index in [1.54, 1.807) is 31.4 Å². The van der Waals surface area contributed by atoms with Crippen LogP contribution in [0.4, 0.5) is 5.69 Å². The molecule has 0 fully saturated rings. The first-order chi connectivity index (χ1) is 13.4. The Morgan fingerprint density at radius 3 is 2.32 bits per heavy atom. The molecule has 2 aromatic carbocycles. The van der Waals surface area contributed by atoms with Crippen molar-refractivity contribution < 1.29 is 19.1 Å². The Kier molecular flexibility index (Phi) is 7.68. The summed E-state index contributed by atoms with van der Waals surface area (Å²) in [6.45, 7) is 5.94. The monoisotopic (exact) mass is 385 g/mol. The van der Waals surface area contributed by atoms with Crippen LogP contribution in [0.25, 0.3) is 0 Å². The van der Waals surface area contributed by atoms with Crippen LogP contribution in [0, 0.1) is 6.92 Å². The molecule has 0 aliphatic heterocycles. The Hall–Kier alpha value is -3.22. The molecule has 0 spiro atoms. The van der Waals surface area contributed by atoms with E-state index in [9.17, 15) is 9.59 Å². The van der Waals surface area contributed by atoms with E-state index in [0.717, 1.165) is 22.6 Å². The number of benzene rings is 2. The van der Waals surface area contributed by atoms with Crippen molar-refractivity contribution >= 4 is 17.5 Å². The second kappa shape index (κ2) is 10.2. The maximum Gasteiger partial charge on any atom is 0.276 e. The summed E-state index contributed by atoms with van der Waals surface area (Å²) < 4.78 is 10.7. The molecule has 0 saturated carbocycles. The van der Waals surface area contributed by atoms with E-state index in [0.29, 0.717) is 11.7 Å². The van der Waals surface area contributed by atoms with Crippen molar-refractivity contribution in [1.29, 1.82) is 0 Å². The molecule has 0 atom stereocenters. The molecule has 0 aromatic heterocycles. The molecule has 0 aliphatic rings. The Balaban J connectivity index is 1.73. The molecule has 2 rings (SSSR count). The second-order valence-electron chi connectivity index (χ2n) is 6.65. The van der Waals surface area contributed by atoms with Crippen molar-refractivity contribution in [3.05, 3.63) is 53.6 Å². The molecule has 0 unspecified atom stereocenters. The predicted octanol–water partition coefficient (Wildman–Crippen LogP) is 2.77. The molecule has 28 heavy (non-hydrogen) atoms. The highest BCUT2D eigenvalue weighted by atomic mass is 16.5. The molecule has 7 heteroatoms. The minimum Gasteiger partial charge on any atom is -0.497 e. The molecule has 0 bridgehead atoms. The van der Waals surface area contributed by atoms with E-state index in [2.05, 4.69) is 30.0 Å². The molecule has 0 aliphatic carbocycles. The summed E-state index contributed by atoms with van der Waals surface area (Å²) in [6.07, 6.45) is 0. The number of anilines is 1. The molecule has 0 radical (unpaired) electrons. The van der Waals surface area contributed by atoms with Gasteiger partial charge in [-0.2, -0.15) is 0 Å². The van der Waals surface area contributed by atoms with Gasteiger partial charge in [0, 0.05) is 5.69 Å². The molecule has 3 N–H and O–H groups in total. The molecular weight excluding hydrogens is 358 g/mol. The van der Waals surface area contributed by atoms with Crippen LogP contribution in [0.3, 0.4) is 0 Å². The van der Waals surface area contributed by atoms with E-state index in [1.807, 2.05) is 25.1 Å². The van der Waals surface area contributed by atoms with Gasteiger partial charge in [-0.05, 0) is 54.3 Å². The minimum absolute atomic E-state index is 0.0169. The number of amides is 2. The molecule has 2 amide bonds. The number of carbonyl (C=O) groups excluding carboxylic acids is 2. The van der Waals surface area contributed by atoms with Crippen LogP contribution in [-0.2, 0) is 9.59 Å². The van der Waals surface area contributed by atoms with Crippen molar-refractivity contribution in [2.45, 2.75) is 26.7 Å². The third-order valence-corrected chi connectivity index (χ3v) is 4.12. The van der Waals surface area contributed by atoms with Crippen molar-refractivity contribution in [2.75, 3.05) is 25.6 Å². The molecular formula is C21H27N3O4. The van der Waals surface area contributed by atoms with Crippen LogP contribution in [0.5, 0.6) is 11.5 Å². The Bertz CT molecular complexity index is 804. The number of nitrogens with one attached hydrogen (secondary N) is 3. The zero-order valence-corrected chi connectivity index (χ0v) is 16.7. The smallest absolute Gasteiger partial charge is 0.276 e. The number of hydrazine groups is 1. The summed E-state index contributed by atoms with van der Waals surface area (Å²) in [6, 6.07) is 13.1.